The molecule has 0 radical (unpaired) electrons. The Kier molecular flexibility index (Phi) is 19.4. The van der Waals surface area contributed by atoms with E-state index in [0.29, 0.717) is 37.9 Å². The molecule has 4 heteroatoms. The van der Waals surface area contributed by atoms with E-state index in [4.69, 9.17) is 9.47 Å². The van der Waals surface area contributed by atoms with Crippen LogP contribution in [-0.2, 0) is 45.1 Å². The molecule has 0 spiro atoms. The first-order valence-corrected chi connectivity index (χ1v) is 17.4. The summed E-state index contributed by atoms with van der Waals surface area (Å²) in [5, 5.41) is 0. The Hall–Kier alpha value is -2.62. The van der Waals surface area contributed by atoms with Gasteiger partial charge in [0.2, 0.25) is 0 Å². The third-order valence-corrected chi connectivity index (χ3v) is 8.88. The Labute approximate surface area is 263 Å². The number of carbonyl (C=O) groups excluding carboxylic acids is 2. The van der Waals surface area contributed by atoms with E-state index in [9.17, 15) is 9.59 Å². The first kappa shape index (κ1) is 36.6. The van der Waals surface area contributed by atoms with E-state index in [0.717, 1.165) is 56.1 Å². The van der Waals surface area contributed by atoms with Gasteiger partial charge in [0.05, 0.1) is 0 Å². The molecule has 43 heavy (non-hydrogen) atoms. The zero-order chi connectivity index (χ0) is 31.1. The molecule has 240 valence electrons. The smallest absolute Gasteiger partial charge is 0.306 e. The van der Waals surface area contributed by atoms with Crippen LogP contribution in [0.1, 0.15) is 146 Å². The lowest BCUT2D eigenvalue weighted by atomic mass is 9.90. The fourth-order valence-corrected chi connectivity index (χ4v) is 5.83. The van der Waals surface area contributed by atoms with Crippen molar-refractivity contribution in [1.82, 2.24) is 0 Å². The van der Waals surface area contributed by atoms with Crippen LogP contribution >= 0.6 is 0 Å². The van der Waals surface area contributed by atoms with Crippen LogP contribution in [0.5, 0.6) is 0 Å². The van der Waals surface area contributed by atoms with E-state index in [1.165, 1.54) is 62.5 Å². The standard InChI is InChI=1S/C39H60O4/c1-5-9-20-32(7-3)28-34-22-16-18-24-36(34)30-42-38(40)26-14-12-11-13-15-27-39(41)43-31-37-25-19-17-23-35(37)29-33(8-4)21-10-6-2/h16-19,22-25,32-33H,5-15,20-21,26-31H2,1-4H3. The van der Waals surface area contributed by atoms with Crippen LogP contribution in [0.25, 0.3) is 0 Å². The van der Waals surface area contributed by atoms with Crippen molar-refractivity contribution in [2.24, 2.45) is 11.8 Å². The van der Waals surface area contributed by atoms with E-state index < -0.39 is 0 Å². The van der Waals surface area contributed by atoms with E-state index in [-0.39, 0.29) is 11.9 Å². The molecule has 0 heterocycles. The van der Waals surface area contributed by atoms with E-state index in [1.807, 2.05) is 12.1 Å². The van der Waals surface area contributed by atoms with Crippen molar-refractivity contribution in [3.8, 4) is 0 Å². The van der Waals surface area contributed by atoms with Gasteiger partial charge in [-0.2, -0.15) is 0 Å². The fraction of sp³-hybridized carbons (Fsp3) is 0.641. The average Bonchev–Trinajstić information content (AvgIpc) is 3.03. The molecule has 0 aliphatic rings. The molecule has 0 aromatic heterocycles. The summed E-state index contributed by atoms with van der Waals surface area (Å²) >= 11 is 0. The highest BCUT2D eigenvalue weighted by atomic mass is 16.5. The van der Waals surface area contributed by atoms with Gasteiger partial charge in [-0.25, -0.2) is 0 Å². The van der Waals surface area contributed by atoms with Crippen LogP contribution in [0.3, 0.4) is 0 Å². The third-order valence-electron chi connectivity index (χ3n) is 8.88. The Balaban J connectivity index is 1.60. The van der Waals surface area contributed by atoms with Crippen LogP contribution in [0.4, 0.5) is 0 Å². The molecule has 2 rings (SSSR count). The van der Waals surface area contributed by atoms with Gasteiger partial charge < -0.3 is 9.47 Å². The molecule has 0 saturated carbocycles. The number of benzene rings is 2. The summed E-state index contributed by atoms with van der Waals surface area (Å²) in [6.07, 6.45) is 17.5. The van der Waals surface area contributed by atoms with Gasteiger partial charge in [0.15, 0.2) is 0 Å². The van der Waals surface area contributed by atoms with Crippen molar-refractivity contribution in [2.45, 2.75) is 150 Å². The molecule has 0 N–H and O–H groups in total. The zero-order valence-electron chi connectivity index (χ0n) is 27.8. The van der Waals surface area contributed by atoms with Crippen molar-refractivity contribution in [3.05, 3.63) is 70.8 Å². The second kappa shape index (κ2) is 22.9. The number of carbonyl (C=O) groups is 2. The summed E-state index contributed by atoms with van der Waals surface area (Å²) in [5.74, 6) is 1.14. The molecule has 0 aliphatic carbocycles. The minimum Gasteiger partial charge on any atom is -0.461 e. The highest BCUT2D eigenvalue weighted by Gasteiger charge is 2.13. The topological polar surface area (TPSA) is 52.6 Å². The van der Waals surface area contributed by atoms with Crippen molar-refractivity contribution < 1.29 is 19.1 Å². The van der Waals surface area contributed by atoms with Crippen LogP contribution in [0.2, 0.25) is 0 Å². The summed E-state index contributed by atoms with van der Waals surface area (Å²) in [6, 6.07) is 16.8. The Morgan fingerprint density at radius 1 is 0.535 bits per heavy atom. The van der Waals surface area contributed by atoms with Crippen LogP contribution in [-0.4, -0.2) is 11.9 Å². The van der Waals surface area contributed by atoms with Crippen LogP contribution in [0, 0.1) is 11.8 Å². The molecular weight excluding hydrogens is 532 g/mol. The second-order valence-electron chi connectivity index (χ2n) is 12.4. The Bertz CT molecular complexity index is 948. The highest BCUT2D eigenvalue weighted by Crippen LogP contribution is 2.23. The van der Waals surface area contributed by atoms with Crippen molar-refractivity contribution >= 4 is 11.9 Å². The maximum absolute atomic E-state index is 12.4. The monoisotopic (exact) mass is 592 g/mol. The summed E-state index contributed by atoms with van der Waals surface area (Å²) in [4.78, 5) is 24.8. The normalized spacial score (nSPS) is 12.6. The largest absolute Gasteiger partial charge is 0.461 e. The van der Waals surface area contributed by atoms with E-state index >= 15 is 0 Å². The molecule has 2 aromatic carbocycles. The van der Waals surface area contributed by atoms with Gasteiger partial charge in [0.1, 0.15) is 13.2 Å². The number of ether oxygens (including phenoxy) is 2. The molecule has 0 fully saturated rings. The van der Waals surface area contributed by atoms with Gasteiger partial charge in [-0.15, -0.1) is 0 Å². The van der Waals surface area contributed by atoms with Gasteiger partial charge in [0.25, 0.3) is 0 Å². The Morgan fingerprint density at radius 3 is 1.28 bits per heavy atom. The number of rotatable bonds is 24. The number of hydrogen-bond donors (Lipinski definition) is 0. The second-order valence-corrected chi connectivity index (χ2v) is 12.4. The van der Waals surface area contributed by atoms with Gasteiger partial charge >= 0.3 is 11.9 Å². The molecule has 0 aliphatic heterocycles. The summed E-state index contributed by atoms with van der Waals surface area (Å²) < 4.78 is 11.3. The van der Waals surface area contributed by atoms with Crippen molar-refractivity contribution in [2.75, 3.05) is 0 Å². The van der Waals surface area contributed by atoms with Crippen LogP contribution in [0.15, 0.2) is 48.5 Å². The predicted molar refractivity (Wildman–Crippen MR) is 179 cm³/mol. The van der Waals surface area contributed by atoms with Crippen molar-refractivity contribution in [1.29, 1.82) is 0 Å². The lowest BCUT2D eigenvalue weighted by Gasteiger charge is -2.17. The number of unbranched alkanes of at least 4 members (excludes halogenated alkanes) is 6. The molecule has 4 nitrogen and oxygen atoms in total. The Morgan fingerprint density at radius 2 is 0.907 bits per heavy atom. The fourth-order valence-electron chi connectivity index (χ4n) is 5.83. The first-order valence-electron chi connectivity index (χ1n) is 17.4. The van der Waals surface area contributed by atoms with Gasteiger partial charge in [0, 0.05) is 12.8 Å². The van der Waals surface area contributed by atoms with E-state index in [1.54, 1.807) is 0 Å². The highest BCUT2D eigenvalue weighted by molar-refractivity contribution is 5.69. The minimum absolute atomic E-state index is 0.118. The lowest BCUT2D eigenvalue weighted by Crippen LogP contribution is -2.09. The molecule has 0 amide bonds. The summed E-state index contributed by atoms with van der Waals surface area (Å²) in [5.41, 5.74) is 4.90. The summed E-state index contributed by atoms with van der Waals surface area (Å²) in [6.45, 7) is 9.76. The van der Waals surface area contributed by atoms with Gasteiger partial charge in [-0.3, -0.25) is 9.59 Å². The maximum Gasteiger partial charge on any atom is 0.306 e. The SMILES string of the molecule is CCCCC(CC)Cc1ccccc1COC(=O)CCCCCCCC(=O)OCc1ccccc1CC(CC)CCCC. The minimum atomic E-state index is -0.118. The summed E-state index contributed by atoms with van der Waals surface area (Å²) in [7, 11) is 0. The predicted octanol–water partition coefficient (Wildman–Crippen LogP) is 10.7. The maximum atomic E-state index is 12.4. The molecule has 2 aromatic rings. The molecule has 2 atom stereocenters. The van der Waals surface area contributed by atoms with Crippen molar-refractivity contribution in [3.63, 3.8) is 0 Å². The van der Waals surface area contributed by atoms with Crippen LogP contribution < -0.4 is 0 Å². The molecule has 0 saturated heterocycles. The zero-order valence-corrected chi connectivity index (χ0v) is 27.8. The van der Waals surface area contributed by atoms with Gasteiger partial charge in [-0.1, -0.05) is 147 Å². The molecular formula is C39H60O4. The lowest BCUT2D eigenvalue weighted by molar-refractivity contribution is -0.145. The average molecular weight is 593 g/mol. The molecule has 2 unspecified atom stereocenters. The number of esters is 2. The third kappa shape index (κ3) is 15.6. The quantitative estimate of drug-likeness (QED) is 0.0898. The first-order chi connectivity index (χ1) is 21.0. The number of hydrogen-bond acceptors (Lipinski definition) is 4. The molecule has 0 bridgehead atoms. The van der Waals surface area contributed by atoms with Gasteiger partial charge in [-0.05, 0) is 59.8 Å². The van der Waals surface area contributed by atoms with E-state index in [2.05, 4.69) is 64.1 Å².